The molecule has 0 atom stereocenters. The summed E-state index contributed by atoms with van der Waals surface area (Å²) in [6.07, 6.45) is 3.02. The van der Waals surface area contributed by atoms with Crippen molar-refractivity contribution in [3.63, 3.8) is 0 Å². The summed E-state index contributed by atoms with van der Waals surface area (Å²) in [5, 5.41) is 0. The highest BCUT2D eigenvalue weighted by atomic mass is 16.5. The van der Waals surface area contributed by atoms with Crippen LogP contribution >= 0.6 is 0 Å². The molecule has 0 amide bonds. The van der Waals surface area contributed by atoms with Crippen molar-refractivity contribution in [3.8, 4) is 46.5 Å². The molecular weight excluding hydrogens is 374 g/mol. The molecule has 4 aromatic rings. The Kier molecular flexibility index (Phi) is 5.24. The summed E-state index contributed by atoms with van der Waals surface area (Å²) in [6, 6.07) is 16.3. The lowest BCUT2D eigenvalue weighted by Crippen LogP contribution is -1.99. The Bertz CT molecular complexity index is 1060. The van der Waals surface area contributed by atoms with Gasteiger partial charge in [-0.15, -0.1) is 0 Å². The lowest BCUT2D eigenvalue weighted by atomic mass is 10.1. The van der Waals surface area contributed by atoms with Crippen LogP contribution in [0.5, 0.6) is 35.0 Å². The smallest absolute Gasteiger partial charge is 0.328 e. The summed E-state index contributed by atoms with van der Waals surface area (Å²) < 4.78 is 27.8. The van der Waals surface area contributed by atoms with Crippen molar-refractivity contribution in [1.29, 1.82) is 0 Å². The van der Waals surface area contributed by atoms with Gasteiger partial charge in [0.2, 0.25) is 17.7 Å². The number of aromatic nitrogens is 3. The normalized spacial score (nSPS) is 10.4. The maximum absolute atomic E-state index is 6.03. The number of hydrogen-bond acceptors (Lipinski definition) is 8. The van der Waals surface area contributed by atoms with E-state index in [9.17, 15) is 0 Å². The number of oxazole rings is 1. The van der Waals surface area contributed by atoms with Gasteiger partial charge in [-0.1, -0.05) is 24.3 Å². The van der Waals surface area contributed by atoms with E-state index < -0.39 is 0 Å². The average Bonchev–Trinajstić information content (AvgIpc) is 3.29. The molecule has 0 radical (unpaired) electrons. The molecule has 0 aliphatic rings. The van der Waals surface area contributed by atoms with E-state index >= 15 is 0 Å². The van der Waals surface area contributed by atoms with Gasteiger partial charge in [-0.25, -0.2) is 4.98 Å². The molecule has 8 heteroatoms. The molecule has 4 rings (SSSR count). The number of para-hydroxylation sites is 1. The molecule has 0 spiro atoms. The molecule has 0 N–H and O–H groups in total. The minimum atomic E-state index is 0.0471. The zero-order valence-electron chi connectivity index (χ0n) is 15.7. The monoisotopic (exact) mass is 391 g/mol. The van der Waals surface area contributed by atoms with Gasteiger partial charge in [-0.3, -0.25) is 0 Å². The first-order chi connectivity index (χ1) is 14.3. The molecule has 29 heavy (non-hydrogen) atoms. The zero-order valence-corrected chi connectivity index (χ0v) is 15.7. The molecule has 146 valence electrons. The van der Waals surface area contributed by atoms with E-state index in [2.05, 4.69) is 15.0 Å². The minimum Gasteiger partial charge on any atom is -0.481 e. The number of nitrogens with zero attached hydrogens (tertiary/aromatic N) is 3. The van der Waals surface area contributed by atoms with Crippen LogP contribution in [0, 0.1) is 0 Å². The fourth-order valence-corrected chi connectivity index (χ4v) is 2.59. The third-order valence-corrected chi connectivity index (χ3v) is 3.88. The van der Waals surface area contributed by atoms with Crippen LogP contribution in [-0.2, 0) is 0 Å². The van der Waals surface area contributed by atoms with Gasteiger partial charge in [0.1, 0.15) is 29.1 Å². The van der Waals surface area contributed by atoms with Gasteiger partial charge in [-0.2, -0.15) is 9.97 Å². The third kappa shape index (κ3) is 4.11. The molecule has 0 bridgehead atoms. The van der Waals surface area contributed by atoms with E-state index in [1.165, 1.54) is 20.5 Å². The van der Waals surface area contributed by atoms with Gasteiger partial charge >= 0.3 is 6.01 Å². The Balaban J connectivity index is 1.76. The van der Waals surface area contributed by atoms with E-state index in [-0.39, 0.29) is 6.01 Å². The summed E-state index contributed by atoms with van der Waals surface area (Å²) in [7, 11) is 3.00. The fourth-order valence-electron chi connectivity index (χ4n) is 2.59. The highest BCUT2D eigenvalue weighted by Gasteiger charge is 2.20. The Morgan fingerprint density at radius 2 is 1.48 bits per heavy atom. The maximum atomic E-state index is 6.03. The lowest BCUT2D eigenvalue weighted by Gasteiger charge is -2.14. The van der Waals surface area contributed by atoms with Gasteiger partial charge in [0, 0.05) is 0 Å². The van der Waals surface area contributed by atoms with E-state index in [0.29, 0.717) is 40.5 Å². The van der Waals surface area contributed by atoms with Crippen molar-refractivity contribution < 1.29 is 23.4 Å². The number of benzene rings is 2. The van der Waals surface area contributed by atoms with Crippen molar-refractivity contribution in [2.24, 2.45) is 0 Å². The second-order valence-electron chi connectivity index (χ2n) is 5.72. The number of ether oxygens (including phenoxy) is 4. The van der Waals surface area contributed by atoms with Crippen LogP contribution in [0.1, 0.15) is 0 Å². The highest BCUT2D eigenvalue weighted by molar-refractivity contribution is 5.71. The second-order valence-corrected chi connectivity index (χ2v) is 5.72. The quantitative estimate of drug-likeness (QED) is 0.447. The van der Waals surface area contributed by atoms with Crippen LogP contribution in [0.2, 0.25) is 0 Å². The van der Waals surface area contributed by atoms with E-state index in [0.717, 1.165) is 0 Å². The fraction of sp³-hybridized carbons (Fsp3) is 0.0952. The largest absolute Gasteiger partial charge is 0.481 e. The van der Waals surface area contributed by atoms with E-state index in [1.807, 2.05) is 30.3 Å². The van der Waals surface area contributed by atoms with Gasteiger partial charge in [-0.05, 0) is 24.3 Å². The molecule has 0 aliphatic heterocycles. The molecule has 2 aromatic carbocycles. The molecule has 2 heterocycles. The summed E-state index contributed by atoms with van der Waals surface area (Å²) in [5.74, 6) is 2.52. The van der Waals surface area contributed by atoms with Gasteiger partial charge in [0.05, 0.1) is 26.5 Å². The third-order valence-electron chi connectivity index (χ3n) is 3.88. The van der Waals surface area contributed by atoms with E-state index in [1.54, 1.807) is 30.5 Å². The first kappa shape index (κ1) is 18.3. The van der Waals surface area contributed by atoms with Crippen molar-refractivity contribution in [1.82, 2.24) is 15.0 Å². The topological polar surface area (TPSA) is 88.7 Å². The summed E-state index contributed by atoms with van der Waals surface area (Å²) in [4.78, 5) is 12.6. The zero-order chi connectivity index (χ0) is 20.1. The molecule has 0 fully saturated rings. The first-order valence-corrected chi connectivity index (χ1v) is 8.67. The standard InChI is InChI=1S/C21H17N3O5/c1-25-17-13-18(26-2)24-21(23-17)29-16-10-6-9-15(19(16)20-22-11-12-27-20)28-14-7-4-3-5-8-14/h3-13H,1-2H3. The van der Waals surface area contributed by atoms with Gasteiger partial charge < -0.3 is 23.4 Å². The van der Waals surface area contributed by atoms with Crippen molar-refractivity contribution in [2.45, 2.75) is 0 Å². The summed E-state index contributed by atoms with van der Waals surface area (Å²) in [5.41, 5.74) is 0.520. The van der Waals surface area contributed by atoms with Gasteiger partial charge in [0.25, 0.3) is 0 Å². The molecule has 0 unspecified atom stereocenters. The Hall–Kier alpha value is -4.07. The molecular formula is C21H17N3O5. The Labute approximate surface area is 166 Å². The minimum absolute atomic E-state index is 0.0471. The van der Waals surface area contributed by atoms with Crippen LogP contribution in [0.3, 0.4) is 0 Å². The predicted octanol–water partition coefficient (Wildman–Crippen LogP) is 4.73. The van der Waals surface area contributed by atoms with Crippen LogP contribution in [-0.4, -0.2) is 29.2 Å². The van der Waals surface area contributed by atoms with Crippen molar-refractivity contribution in [2.75, 3.05) is 14.2 Å². The SMILES string of the molecule is COc1cc(OC)nc(Oc2cccc(Oc3ccccc3)c2-c2ncco2)n1. The Morgan fingerprint density at radius 1 is 0.793 bits per heavy atom. The first-order valence-electron chi connectivity index (χ1n) is 8.67. The van der Waals surface area contributed by atoms with Crippen LogP contribution in [0.15, 0.2) is 71.5 Å². The number of rotatable bonds is 7. The van der Waals surface area contributed by atoms with Gasteiger partial charge in [0.15, 0.2) is 0 Å². The van der Waals surface area contributed by atoms with Crippen molar-refractivity contribution in [3.05, 3.63) is 67.1 Å². The summed E-state index contributed by atoms with van der Waals surface area (Å²) in [6.45, 7) is 0. The second kappa shape index (κ2) is 8.30. The molecule has 0 saturated carbocycles. The molecule has 2 aromatic heterocycles. The van der Waals surface area contributed by atoms with Crippen LogP contribution in [0.4, 0.5) is 0 Å². The van der Waals surface area contributed by atoms with E-state index in [4.69, 9.17) is 23.4 Å². The van der Waals surface area contributed by atoms with Crippen LogP contribution in [0.25, 0.3) is 11.5 Å². The molecule has 0 saturated heterocycles. The Morgan fingerprint density at radius 3 is 2.10 bits per heavy atom. The average molecular weight is 391 g/mol. The highest BCUT2D eigenvalue weighted by Crippen LogP contribution is 2.41. The molecule has 0 aliphatic carbocycles. The maximum Gasteiger partial charge on any atom is 0.328 e. The number of hydrogen-bond donors (Lipinski definition) is 0. The predicted molar refractivity (Wildman–Crippen MR) is 104 cm³/mol. The number of methoxy groups -OCH3 is 2. The summed E-state index contributed by atoms with van der Waals surface area (Å²) >= 11 is 0. The van der Waals surface area contributed by atoms with Crippen molar-refractivity contribution >= 4 is 0 Å². The van der Waals surface area contributed by atoms with Crippen LogP contribution < -0.4 is 18.9 Å². The molecule has 8 nitrogen and oxygen atoms in total. The lowest BCUT2D eigenvalue weighted by molar-refractivity contribution is 0.347.